The van der Waals surface area contributed by atoms with E-state index in [1.807, 2.05) is 51.2 Å². The minimum atomic E-state index is -0.484. The van der Waals surface area contributed by atoms with Crippen LogP contribution in [-0.4, -0.2) is 58.0 Å². The molecule has 30 heavy (non-hydrogen) atoms. The van der Waals surface area contributed by atoms with Crippen molar-refractivity contribution in [2.24, 2.45) is 12.0 Å². The van der Waals surface area contributed by atoms with Crippen LogP contribution in [0.5, 0.6) is 0 Å². The molecule has 0 bridgehead atoms. The number of amides is 1. The summed E-state index contributed by atoms with van der Waals surface area (Å²) >= 11 is 0. The first-order valence-corrected chi connectivity index (χ1v) is 10.6. The number of guanidine groups is 1. The highest BCUT2D eigenvalue weighted by molar-refractivity contribution is 14.0. The molecule has 1 amide bonds. The summed E-state index contributed by atoms with van der Waals surface area (Å²) in [5.41, 5.74) is 2.80. The van der Waals surface area contributed by atoms with Crippen LogP contribution in [0.1, 0.15) is 63.9 Å². The largest absolute Gasteiger partial charge is 0.444 e. The van der Waals surface area contributed by atoms with E-state index in [-0.39, 0.29) is 36.1 Å². The summed E-state index contributed by atoms with van der Waals surface area (Å²) < 4.78 is 7.49. The zero-order valence-electron chi connectivity index (χ0n) is 19.5. The number of piperidine rings is 1. The van der Waals surface area contributed by atoms with E-state index in [0.717, 1.165) is 55.3 Å². The van der Waals surface area contributed by atoms with E-state index in [1.165, 1.54) is 0 Å². The third-order valence-corrected chi connectivity index (χ3v) is 5.16. The summed E-state index contributed by atoms with van der Waals surface area (Å²) in [7, 11) is 1.95. The Labute approximate surface area is 198 Å². The van der Waals surface area contributed by atoms with Crippen LogP contribution in [0, 0.1) is 13.8 Å². The molecular weight excluding hydrogens is 495 g/mol. The number of aliphatic imine (C=N–C) groups is 1. The molecule has 1 fully saturated rings. The van der Waals surface area contributed by atoms with Crippen LogP contribution in [0.2, 0.25) is 0 Å². The minimum absolute atomic E-state index is 0. The number of halogens is 1. The van der Waals surface area contributed by atoms with Crippen LogP contribution < -0.4 is 10.6 Å². The maximum Gasteiger partial charge on any atom is 0.410 e. The first-order chi connectivity index (χ1) is 13.6. The molecule has 1 unspecified atom stereocenters. The molecule has 172 valence electrons. The lowest BCUT2D eigenvalue weighted by molar-refractivity contribution is 0.0104. The Morgan fingerprint density at radius 3 is 2.53 bits per heavy atom. The number of aryl methyl sites for hydroxylation is 2. The van der Waals surface area contributed by atoms with Crippen molar-refractivity contribution in [3.05, 3.63) is 17.0 Å². The number of nitrogens with zero attached hydrogens (tertiary/aromatic N) is 4. The van der Waals surface area contributed by atoms with Gasteiger partial charge >= 0.3 is 6.09 Å². The molecule has 8 nitrogen and oxygen atoms in total. The normalized spacial score (nSPS) is 17.4. The van der Waals surface area contributed by atoms with Gasteiger partial charge in [0.25, 0.3) is 0 Å². The highest BCUT2D eigenvalue weighted by Crippen LogP contribution is 2.20. The predicted octanol–water partition coefficient (Wildman–Crippen LogP) is 3.50. The molecule has 0 aliphatic carbocycles. The lowest BCUT2D eigenvalue weighted by Gasteiger charge is -2.37. The topological polar surface area (TPSA) is 83.8 Å². The van der Waals surface area contributed by atoms with Gasteiger partial charge < -0.3 is 20.3 Å². The molecule has 0 aromatic carbocycles. The maximum atomic E-state index is 12.6. The van der Waals surface area contributed by atoms with Crippen molar-refractivity contribution in [1.82, 2.24) is 25.3 Å². The number of ether oxygens (including phenoxy) is 1. The molecule has 2 rings (SSSR count). The quantitative estimate of drug-likeness (QED) is 0.343. The van der Waals surface area contributed by atoms with Gasteiger partial charge in [-0.3, -0.25) is 4.68 Å². The van der Waals surface area contributed by atoms with Gasteiger partial charge in [0.15, 0.2) is 5.96 Å². The van der Waals surface area contributed by atoms with Gasteiger partial charge in [-0.1, -0.05) is 0 Å². The second-order valence-electron chi connectivity index (χ2n) is 8.67. The summed E-state index contributed by atoms with van der Waals surface area (Å²) in [6.45, 7) is 14.6. The van der Waals surface area contributed by atoms with Crippen LogP contribution in [0.4, 0.5) is 4.79 Å². The molecular formula is C21H39IN6O2. The maximum absolute atomic E-state index is 12.6. The van der Waals surface area contributed by atoms with Gasteiger partial charge in [-0.2, -0.15) is 5.10 Å². The monoisotopic (exact) mass is 534 g/mol. The summed E-state index contributed by atoms with van der Waals surface area (Å²) in [5.74, 6) is 0.755. The van der Waals surface area contributed by atoms with Crippen molar-refractivity contribution < 1.29 is 9.53 Å². The van der Waals surface area contributed by atoms with Crippen LogP contribution in [0.3, 0.4) is 0 Å². The third kappa shape index (κ3) is 7.63. The van der Waals surface area contributed by atoms with E-state index in [9.17, 15) is 4.79 Å². The molecule has 0 saturated carbocycles. The molecule has 1 aliphatic rings. The lowest BCUT2D eigenvalue weighted by Crippen LogP contribution is -2.52. The average Bonchev–Trinajstić information content (AvgIpc) is 2.88. The van der Waals surface area contributed by atoms with Crippen molar-refractivity contribution in [3.8, 4) is 0 Å². The minimum Gasteiger partial charge on any atom is -0.444 e. The fourth-order valence-corrected chi connectivity index (χ4v) is 3.53. The Morgan fingerprint density at radius 1 is 1.27 bits per heavy atom. The second kappa shape index (κ2) is 11.8. The van der Waals surface area contributed by atoms with Crippen molar-refractivity contribution >= 4 is 36.0 Å². The Morgan fingerprint density at radius 2 is 1.97 bits per heavy atom. The molecule has 1 aromatic heterocycles. The van der Waals surface area contributed by atoms with Gasteiger partial charge in [-0.25, -0.2) is 9.79 Å². The number of likely N-dealkylation sites (tertiary alicyclic amines) is 1. The molecule has 0 radical (unpaired) electrons. The fraction of sp³-hybridized carbons (Fsp3) is 0.762. The Kier molecular flexibility index (Phi) is 10.4. The van der Waals surface area contributed by atoms with E-state index in [2.05, 4.69) is 22.7 Å². The van der Waals surface area contributed by atoms with Crippen LogP contribution in [-0.2, 0) is 18.3 Å². The number of hydrogen-bond acceptors (Lipinski definition) is 4. The molecule has 1 saturated heterocycles. The van der Waals surface area contributed by atoms with Crippen molar-refractivity contribution in [2.75, 3.05) is 19.6 Å². The van der Waals surface area contributed by atoms with Crippen molar-refractivity contribution in [1.29, 1.82) is 0 Å². The molecule has 0 spiro atoms. The van der Waals surface area contributed by atoms with Crippen molar-refractivity contribution in [3.63, 3.8) is 0 Å². The molecule has 1 atom stereocenters. The standard InChI is InChI=1S/C21H38N6O2.HI/c1-8-22-19(24-14-18-15(2)25-26(7)16(18)3)23-13-17-11-9-10-12-27(17)20(28)29-21(4,5)6;/h17H,8-14H2,1-7H3,(H2,22,23,24);1H. The van der Waals surface area contributed by atoms with E-state index in [4.69, 9.17) is 9.73 Å². The Balaban J connectivity index is 0.00000450. The summed E-state index contributed by atoms with van der Waals surface area (Å²) in [6.07, 6.45) is 2.87. The zero-order valence-corrected chi connectivity index (χ0v) is 21.9. The van der Waals surface area contributed by atoms with E-state index in [1.54, 1.807) is 0 Å². The molecule has 9 heteroatoms. The zero-order chi connectivity index (χ0) is 21.6. The third-order valence-electron chi connectivity index (χ3n) is 5.16. The van der Waals surface area contributed by atoms with Crippen LogP contribution in [0.15, 0.2) is 4.99 Å². The summed E-state index contributed by atoms with van der Waals surface area (Å²) in [5, 5.41) is 11.2. The predicted molar refractivity (Wildman–Crippen MR) is 131 cm³/mol. The number of aromatic nitrogens is 2. The number of carbonyl (C=O) groups excluding carboxylic acids is 1. The van der Waals surface area contributed by atoms with Crippen molar-refractivity contribution in [2.45, 2.75) is 79.0 Å². The lowest BCUT2D eigenvalue weighted by atomic mass is 10.0. The van der Waals surface area contributed by atoms with Gasteiger partial charge in [0, 0.05) is 37.9 Å². The number of carbonyl (C=O) groups is 1. The first kappa shape index (κ1) is 26.5. The average molecular weight is 534 g/mol. The highest BCUT2D eigenvalue weighted by atomic mass is 127. The highest BCUT2D eigenvalue weighted by Gasteiger charge is 2.30. The number of nitrogens with one attached hydrogen (secondary N) is 2. The van der Waals surface area contributed by atoms with E-state index in [0.29, 0.717) is 13.1 Å². The molecule has 1 aromatic rings. The van der Waals surface area contributed by atoms with Crippen LogP contribution >= 0.6 is 24.0 Å². The Hall–Kier alpha value is -1.52. The van der Waals surface area contributed by atoms with Gasteiger partial charge in [0.1, 0.15) is 5.60 Å². The van der Waals surface area contributed by atoms with E-state index >= 15 is 0 Å². The SMILES string of the molecule is CCNC(=NCc1c(C)nn(C)c1C)NCC1CCCCN1C(=O)OC(C)(C)C.I. The van der Waals surface area contributed by atoms with Gasteiger partial charge in [-0.15, -0.1) is 24.0 Å². The number of rotatable bonds is 5. The number of hydrogen-bond donors (Lipinski definition) is 2. The Bertz CT molecular complexity index is 726. The van der Waals surface area contributed by atoms with Crippen LogP contribution in [0.25, 0.3) is 0 Å². The molecule has 2 N–H and O–H groups in total. The first-order valence-electron chi connectivity index (χ1n) is 10.6. The van der Waals surface area contributed by atoms with Gasteiger partial charge in [0.2, 0.25) is 0 Å². The molecule has 1 aliphatic heterocycles. The fourth-order valence-electron chi connectivity index (χ4n) is 3.53. The molecule has 2 heterocycles. The van der Waals surface area contributed by atoms with Gasteiger partial charge in [0.05, 0.1) is 18.3 Å². The smallest absolute Gasteiger partial charge is 0.410 e. The summed E-state index contributed by atoms with van der Waals surface area (Å²) in [4.78, 5) is 19.2. The second-order valence-corrected chi connectivity index (χ2v) is 8.67. The van der Waals surface area contributed by atoms with E-state index < -0.39 is 5.60 Å². The summed E-state index contributed by atoms with van der Waals surface area (Å²) in [6, 6.07) is 0.101. The van der Waals surface area contributed by atoms with Gasteiger partial charge in [-0.05, 0) is 60.8 Å².